The van der Waals surface area contributed by atoms with Crippen LogP contribution in [0.2, 0.25) is 0 Å². The molecule has 1 aliphatic rings. The molecule has 0 aromatic heterocycles. The first-order valence-electron chi connectivity index (χ1n) is 6.87. The third-order valence-electron chi connectivity index (χ3n) is 3.91. The van der Waals surface area contributed by atoms with E-state index in [1.807, 2.05) is 0 Å². The van der Waals surface area contributed by atoms with Gasteiger partial charge in [-0.05, 0) is 25.0 Å². The molecule has 5 heteroatoms. The van der Waals surface area contributed by atoms with Crippen LogP contribution in [-0.2, 0) is 0 Å². The van der Waals surface area contributed by atoms with E-state index in [1.165, 1.54) is 19.2 Å². The van der Waals surface area contributed by atoms with E-state index in [1.54, 1.807) is 6.07 Å². The van der Waals surface area contributed by atoms with Crippen LogP contribution in [-0.4, -0.2) is 30.3 Å². The highest BCUT2D eigenvalue weighted by Gasteiger charge is 2.33. The number of carbonyl (C=O) groups excluding carboxylic acids is 1. The molecule has 0 unspecified atom stereocenters. The summed E-state index contributed by atoms with van der Waals surface area (Å²) in [5, 5.41) is 12.4. The van der Waals surface area contributed by atoms with Gasteiger partial charge in [0.2, 0.25) is 0 Å². The average Bonchev–Trinajstić information content (AvgIpc) is 2.47. The zero-order valence-corrected chi connectivity index (χ0v) is 11.6. The quantitative estimate of drug-likeness (QED) is 0.890. The van der Waals surface area contributed by atoms with E-state index >= 15 is 0 Å². The van der Waals surface area contributed by atoms with Gasteiger partial charge < -0.3 is 15.2 Å². The monoisotopic (exact) mass is 281 g/mol. The molecule has 1 aliphatic carbocycles. The molecular formula is C15H20FNO3. The molecule has 1 fully saturated rings. The second-order valence-electron chi connectivity index (χ2n) is 5.30. The van der Waals surface area contributed by atoms with E-state index in [-0.39, 0.29) is 12.2 Å². The predicted molar refractivity (Wildman–Crippen MR) is 73.3 cm³/mol. The lowest BCUT2D eigenvalue weighted by Crippen LogP contribution is -2.52. The third-order valence-corrected chi connectivity index (χ3v) is 3.91. The lowest BCUT2D eigenvalue weighted by molar-refractivity contribution is 0.0755. The Morgan fingerprint density at radius 2 is 2.10 bits per heavy atom. The number of hydrogen-bond acceptors (Lipinski definition) is 3. The average molecular weight is 281 g/mol. The first kappa shape index (κ1) is 14.8. The number of nitrogens with one attached hydrogen (secondary N) is 1. The molecule has 0 aliphatic heterocycles. The van der Waals surface area contributed by atoms with E-state index in [9.17, 15) is 14.3 Å². The normalized spacial score (nSPS) is 17.6. The maximum absolute atomic E-state index is 13.9. The highest BCUT2D eigenvalue weighted by molar-refractivity contribution is 5.95. The molecule has 0 saturated heterocycles. The number of aliphatic hydroxyl groups is 1. The highest BCUT2D eigenvalue weighted by Crippen LogP contribution is 2.28. The molecule has 20 heavy (non-hydrogen) atoms. The van der Waals surface area contributed by atoms with Gasteiger partial charge in [0.1, 0.15) is 11.6 Å². The van der Waals surface area contributed by atoms with Gasteiger partial charge >= 0.3 is 0 Å². The van der Waals surface area contributed by atoms with Gasteiger partial charge in [-0.1, -0.05) is 19.3 Å². The van der Waals surface area contributed by atoms with E-state index < -0.39 is 17.3 Å². The highest BCUT2D eigenvalue weighted by atomic mass is 19.1. The second-order valence-corrected chi connectivity index (χ2v) is 5.30. The van der Waals surface area contributed by atoms with E-state index in [4.69, 9.17) is 4.74 Å². The molecule has 2 rings (SSSR count). The van der Waals surface area contributed by atoms with Crippen LogP contribution in [0.1, 0.15) is 42.5 Å². The topological polar surface area (TPSA) is 58.6 Å². The number of benzene rings is 1. The third kappa shape index (κ3) is 3.10. The van der Waals surface area contributed by atoms with Crippen LogP contribution in [0.25, 0.3) is 0 Å². The Bertz CT molecular complexity index is 484. The number of carbonyl (C=O) groups is 1. The zero-order chi connectivity index (χ0) is 14.6. The molecule has 1 aromatic carbocycles. The Hall–Kier alpha value is -1.62. The van der Waals surface area contributed by atoms with Crippen molar-refractivity contribution in [1.29, 1.82) is 0 Å². The number of amides is 1. The summed E-state index contributed by atoms with van der Waals surface area (Å²) in [6.07, 6.45) is 4.49. The van der Waals surface area contributed by atoms with Crippen LogP contribution in [0.4, 0.5) is 4.39 Å². The smallest absolute Gasteiger partial charge is 0.254 e. The fourth-order valence-electron chi connectivity index (χ4n) is 2.67. The minimum absolute atomic E-state index is 0.0239. The van der Waals surface area contributed by atoms with Crippen molar-refractivity contribution < 1.29 is 19.0 Å². The molecule has 110 valence electrons. The summed E-state index contributed by atoms with van der Waals surface area (Å²) < 4.78 is 18.8. The fraction of sp³-hybridized carbons (Fsp3) is 0.533. The summed E-state index contributed by atoms with van der Waals surface area (Å²) in [5.74, 6) is -0.736. The van der Waals surface area contributed by atoms with Crippen molar-refractivity contribution in [1.82, 2.24) is 5.32 Å². The van der Waals surface area contributed by atoms with Crippen molar-refractivity contribution in [3.63, 3.8) is 0 Å². The predicted octanol–water partition coefficient (Wildman–Crippen LogP) is 2.26. The number of methoxy groups -OCH3 is 1. The molecule has 1 saturated carbocycles. The summed E-state index contributed by atoms with van der Waals surface area (Å²) in [6, 6.07) is 4.13. The van der Waals surface area contributed by atoms with Crippen LogP contribution >= 0.6 is 0 Å². The minimum Gasteiger partial charge on any atom is -0.497 e. The lowest BCUT2D eigenvalue weighted by atomic mass is 9.82. The van der Waals surface area contributed by atoms with E-state index in [0.29, 0.717) is 5.75 Å². The first-order chi connectivity index (χ1) is 9.60. The van der Waals surface area contributed by atoms with Gasteiger partial charge in [0.15, 0.2) is 0 Å². The minimum atomic E-state index is -0.620. The SMILES string of the molecule is COc1ccc(C(=O)NC2(CO)CCCCC2)c(F)c1. The van der Waals surface area contributed by atoms with Gasteiger partial charge in [-0.25, -0.2) is 4.39 Å². The number of hydrogen-bond donors (Lipinski definition) is 2. The number of halogens is 1. The van der Waals surface area contributed by atoms with Gasteiger partial charge in [-0.2, -0.15) is 0 Å². The van der Waals surface area contributed by atoms with Crippen molar-refractivity contribution in [2.24, 2.45) is 0 Å². The Kier molecular flexibility index (Phi) is 4.60. The summed E-state index contributed by atoms with van der Waals surface area (Å²) in [4.78, 5) is 12.2. The van der Waals surface area contributed by atoms with Crippen molar-refractivity contribution in [2.75, 3.05) is 13.7 Å². The molecule has 0 atom stereocenters. The van der Waals surface area contributed by atoms with Crippen LogP contribution in [0.15, 0.2) is 18.2 Å². The van der Waals surface area contributed by atoms with E-state index in [0.717, 1.165) is 32.1 Å². The molecule has 2 N–H and O–H groups in total. The maximum atomic E-state index is 13.9. The van der Waals surface area contributed by atoms with Crippen LogP contribution in [0.5, 0.6) is 5.75 Å². The summed E-state index contributed by atoms with van der Waals surface area (Å²) in [5.41, 5.74) is -0.633. The molecule has 1 aromatic rings. The molecule has 1 amide bonds. The summed E-state index contributed by atoms with van der Waals surface area (Å²) in [7, 11) is 1.44. The largest absolute Gasteiger partial charge is 0.497 e. The molecule has 4 nitrogen and oxygen atoms in total. The van der Waals surface area contributed by atoms with Crippen molar-refractivity contribution in [3.05, 3.63) is 29.6 Å². The van der Waals surface area contributed by atoms with Gasteiger partial charge in [0.05, 0.1) is 24.8 Å². The summed E-state index contributed by atoms with van der Waals surface area (Å²) >= 11 is 0. The summed E-state index contributed by atoms with van der Waals surface area (Å²) in [6.45, 7) is -0.115. The Labute approximate surface area is 117 Å². The van der Waals surface area contributed by atoms with Crippen molar-refractivity contribution in [3.8, 4) is 5.75 Å². The van der Waals surface area contributed by atoms with E-state index in [2.05, 4.69) is 5.32 Å². The standard InChI is InChI=1S/C15H20FNO3/c1-20-11-5-6-12(13(16)9-11)14(19)17-15(10-18)7-3-2-4-8-15/h5-6,9,18H,2-4,7-8,10H2,1H3,(H,17,19). The maximum Gasteiger partial charge on any atom is 0.254 e. The first-order valence-corrected chi connectivity index (χ1v) is 6.87. The van der Waals surface area contributed by atoms with Gasteiger partial charge in [0, 0.05) is 6.07 Å². The number of ether oxygens (including phenoxy) is 1. The molecule has 0 spiro atoms. The van der Waals surface area contributed by atoms with Gasteiger partial charge in [-0.3, -0.25) is 4.79 Å². The number of aliphatic hydroxyl groups excluding tert-OH is 1. The molecule has 0 bridgehead atoms. The Morgan fingerprint density at radius 3 is 2.65 bits per heavy atom. The van der Waals surface area contributed by atoms with Crippen molar-refractivity contribution in [2.45, 2.75) is 37.6 Å². The van der Waals surface area contributed by atoms with Crippen LogP contribution in [0, 0.1) is 5.82 Å². The van der Waals surface area contributed by atoms with Gasteiger partial charge in [-0.15, -0.1) is 0 Å². The molecular weight excluding hydrogens is 261 g/mol. The Balaban J connectivity index is 2.14. The van der Waals surface area contributed by atoms with Gasteiger partial charge in [0.25, 0.3) is 5.91 Å². The van der Waals surface area contributed by atoms with Crippen molar-refractivity contribution >= 4 is 5.91 Å². The van der Waals surface area contributed by atoms with Crippen LogP contribution in [0.3, 0.4) is 0 Å². The molecule has 0 heterocycles. The van der Waals surface area contributed by atoms with Crippen LogP contribution < -0.4 is 10.1 Å². The molecule has 0 radical (unpaired) electrons. The zero-order valence-electron chi connectivity index (χ0n) is 11.6. The lowest BCUT2D eigenvalue weighted by Gasteiger charge is -2.36. The number of rotatable bonds is 4. The second kappa shape index (κ2) is 6.22. The Morgan fingerprint density at radius 1 is 1.40 bits per heavy atom. The fourth-order valence-corrected chi connectivity index (χ4v) is 2.67.